The minimum absolute atomic E-state index is 0.136. The molecule has 0 radical (unpaired) electrons. The van der Waals surface area contributed by atoms with Crippen LogP contribution in [0, 0.1) is 0 Å². The zero-order valence-corrected chi connectivity index (χ0v) is 10.6. The molecular weight excluding hydrogens is 226 g/mol. The first-order valence-corrected chi connectivity index (χ1v) is 6.78. The highest BCUT2D eigenvalue weighted by molar-refractivity contribution is 5.93. The third-order valence-corrected chi connectivity index (χ3v) is 4.02. The van der Waals surface area contributed by atoms with Crippen molar-refractivity contribution in [1.29, 1.82) is 0 Å². The molecule has 0 N–H and O–H groups in total. The number of rotatable bonds is 1. The molecule has 1 unspecified atom stereocenters. The molecule has 2 aliphatic rings. The summed E-state index contributed by atoms with van der Waals surface area (Å²) in [5.41, 5.74) is 0.712. The molecular formula is C14H19N3O. The highest BCUT2D eigenvalue weighted by Crippen LogP contribution is 2.22. The monoisotopic (exact) mass is 245 g/mol. The van der Waals surface area contributed by atoms with E-state index in [1.165, 1.54) is 25.9 Å². The summed E-state index contributed by atoms with van der Waals surface area (Å²) in [6.07, 6.45) is 6.91. The maximum Gasteiger partial charge on any atom is 0.255 e. The Labute approximate surface area is 108 Å². The number of pyridine rings is 1. The van der Waals surface area contributed by atoms with Gasteiger partial charge in [0.15, 0.2) is 0 Å². The molecule has 4 nitrogen and oxygen atoms in total. The van der Waals surface area contributed by atoms with Gasteiger partial charge in [-0.1, -0.05) is 0 Å². The molecule has 96 valence electrons. The Balaban J connectivity index is 1.72. The summed E-state index contributed by atoms with van der Waals surface area (Å²) in [7, 11) is 0. The smallest absolute Gasteiger partial charge is 0.255 e. The fourth-order valence-electron chi connectivity index (χ4n) is 2.81. The standard InChI is InChI=1S/C14H19N3O/c18-14(12-4-3-6-15-10-12)17-8-2-1-7-16-9-5-13(16)11-17/h3-4,6,10,13H,1-2,5,7-9,11H2. The predicted molar refractivity (Wildman–Crippen MR) is 69.4 cm³/mol. The maximum atomic E-state index is 12.4. The fourth-order valence-corrected chi connectivity index (χ4v) is 2.81. The number of hydrogen-bond acceptors (Lipinski definition) is 3. The second-order valence-corrected chi connectivity index (χ2v) is 5.18. The van der Waals surface area contributed by atoms with Gasteiger partial charge < -0.3 is 4.90 Å². The molecule has 0 bridgehead atoms. The average molecular weight is 245 g/mol. The van der Waals surface area contributed by atoms with E-state index in [4.69, 9.17) is 0 Å². The van der Waals surface area contributed by atoms with Crippen molar-refractivity contribution >= 4 is 5.91 Å². The van der Waals surface area contributed by atoms with Crippen LogP contribution in [0.2, 0.25) is 0 Å². The Kier molecular flexibility index (Phi) is 3.28. The van der Waals surface area contributed by atoms with Crippen LogP contribution in [-0.4, -0.2) is 52.9 Å². The van der Waals surface area contributed by atoms with Crippen LogP contribution in [0.1, 0.15) is 29.6 Å². The van der Waals surface area contributed by atoms with Gasteiger partial charge >= 0.3 is 0 Å². The summed E-state index contributed by atoms with van der Waals surface area (Å²) >= 11 is 0. The third kappa shape index (κ3) is 2.25. The molecule has 1 atom stereocenters. The second kappa shape index (κ2) is 5.06. The average Bonchev–Trinajstić information content (AvgIpc) is 2.39. The molecule has 2 fully saturated rings. The van der Waals surface area contributed by atoms with Crippen molar-refractivity contribution in [3.05, 3.63) is 30.1 Å². The van der Waals surface area contributed by atoms with Gasteiger partial charge in [0.2, 0.25) is 0 Å². The number of nitrogens with zero attached hydrogens (tertiary/aromatic N) is 3. The second-order valence-electron chi connectivity index (χ2n) is 5.18. The van der Waals surface area contributed by atoms with Crippen LogP contribution in [0.25, 0.3) is 0 Å². The molecule has 2 saturated heterocycles. The number of fused-ring (bicyclic) bond motifs is 1. The SMILES string of the molecule is O=C(c1cccnc1)N1CCCCN2CCC2C1. The molecule has 0 aromatic carbocycles. The Morgan fingerprint density at radius 2 is 2.17 bits per heavy atom. The van der Waals surface area contributed by atoms with E-state index in [0.717, 1.165) is 19.5 Å². The van der Waals surface area contributed by atoms with E-state index in [9.17, 15) is 4.79 Å². The lowest BCUT2D eigenvalue weighted by molar-refractivity contribution is 0.0338. The Morgan fingerprint density at radius 3 is 2.89 bits per heavy atom. The zero-order valence-electron chi connectivity index (χ0n) is 10.6. The third-order valence-electron chi connectivity index (χ3n) is 4.02. The Morgan fingerprint density at radius 1 is 1.28 bits per heavy atom. The minimum atomic E-state index is 0.136. The van der Waals surface area contributed by atoms with Crippen LogP contribution in [0.15, 0.2) is 24.5 Å². The van der Waals surface area contributed by atoms with Crippen molar-refractivity contribution in [1.82, 2.24) is 14.8 Å². The number of carbonyl (C=O) groups is 1. The van der Waals surface area contributed by atoms with Crippen LogP contribution in [0.5, 0.6) is 0 Å². The van der Waals surface area contributed by atoms with Gasteiger partial charge in [-0.2, -0.15) is 0 Å². The quantitative estimate of drug-likeness (QED) is 0.750. The van der Waals surface area contributed by atoms with Crippen molar-refractivity contribution in [2.24, 2.45) is 0 Å². The fraction of sp³-hybridized carbons (Fsp3) is 0.571. The summed E-state index contributed by atoms with van der Waals surface area (Å²) in [5.74, 6) is 0.136. The van der Waals surface area contributed by atoms with Crippen LogP contribution >= 0.6 is 0 Å². The maximum absolute atomic E-state index is 12.4. The lowest BCUT2D eigenvalue weighted by atomic mass is 9.99. The number of hydrogen-bond donors (Lipinski definition) is 0. The molecule has 2 aliphatic heterocycles. The van der Waals surface area contributed by atoms with E-state index in [0.29, 0.717) is 11.6 Å². The topological polar surface area (TPSA) is 36.4 Å². The van der Waals surface area contributed by atoms with Crippen LogP contribution in [0.4, 0.5) is 0 Å². The predicted octanol–water partition coefficient (Wildman–Crippen LogP) is 1.39. The van der Waals surface area contributed by atoms with Crippen LogP contribution in [0.3, 0.4) is 0 Å². The van der Waals surface area contributed by atoms with Gasteiger partial charge in [-0.15, -0.1) is 0 Å². The largest absolute Gasteiger partial charge is 0.337 e. The molecule has 0 saturated carbocycles. The van der Waals surface area contributed by atoms with Crippen molar-refractivity contribution in [2.45, 2.75) is 25.3 Å². The summed E-state index contributed by atoms with van der Waals surface area (Å²) in [4.78, 5) is 21.0. The van der Waals surface area contributed by atoms with E-state index in [1.807, 2.05) is 17.0 Å². The van der Waals surface area contributed by atoms with Gasteiger partial charge in [-0.3, -0.25) is 14.7 Å². The van der Waals surface area contributed by atoms with Crippen LogP contribution in [-0.2, 0) is 0 Å². The van der Waals surface area contributed by atoms with Gasteiger partial charge in [0.05, 0.1) is 5.56 Å². The summed E-state index contributed by atoms with van der Waals surface area (Å²) < 4.78 is 0. The van der Waals surface area contributed by atoms with Crippen molar-refractivity contribution in [3.8, 4) is 0 Å². The lowest BCUT2D eigenvalue weighted by Crippen LogP contribution is -2.56. The van der Waals surface area contributed by atoms with E-state index < -0.39 is 0 Å². The van der Waals surface area contributed by atoms with Gasteiger partial charge in [0, 0.05) is 38.1 Å². The highest BCUT2D eigenvalue weighted by Gasteiger charge is 2.32. The van der Waals surface area contributed by atoms with Crippen LogP contribution < -0.4 is 0 Å². The number of amides is 1. The van der Waals surface area contributed by atoms with Gasteiger partial charge in [0.25, 0.3) is 5.91 Å². The first kappa shape index (κ1) is 11.7. The van der Waals surface area contributed by atoms with Gasteiger partial charge in [-0.05, 0) is 37.9 Å². The summed E-state index contributed by atoms with van der Waals surface area (Å²) in [5, 5.41) is 0. The van der Waals surface area contributed by atoms with E-state index in [2.05, 4.69) is 9.88 Å². The van der Waals surface area contributed by atoms with Crippen molar-refractivity contribution in [2.75, 3.05) is 26.2 Å². The van der Waals surface area contributed by atoms with E-state index >= 15 is 0 Å². The summed E-state index contributed by atoms with van der Waals surface area (Å²) in [6.45, 7) is 4.19. The first-order valence-electron chi connectivity index (χ1n) is 6.78. The van der Waals surface area contributed by atoms with E-state index in [-0.39, 0.29) is 5.91 Å². The molecule has 1 aromatic rings. The molecule has 18 heavy (non-hydrogen) atoms. The van der Waals surface area contributed by atoms with Gasteiger partial charge in [-0.25, -0.2) is 0 Å². The zero-order chi connectivity index (χ0) is 12.4. The molecule has 1 amide bonds. The first-order chi connectivity index (χ1) is 8.84. The lowest BCUT2D eigenvalue weighted by Gasteiger charge is -2.45. The summed E-state index contributed by atoms with van der Waals surface area (Å²) in [6, 6.07) is 4.27. The molecule has 4 heteroatoms. The molecule has 0 aliphatic carbocycles. The minimum Gasteiger partial charge on any atom is -0.337 e. The van der Waals surface area contributed by atoms with Crippen molar-refractivity contribution in [3.63, 3.8) is 0 Å². The van der Waals surface area contributed by atoms with E-state index in [1.54, 1.807) is 12.4 Å². The highest BCUT2D eigenvalue weighted by atomic mass is 16.2. The van der Waals surface area contributed by atoms with Gasteiger partial charge in [0.1, 0.15) is 0 Å². The molecule has 3 rings (SSSR count). The molecule has 1 aromatic heterocycles. The van der Waals surface area contributed by atoms with Crippen molar-refractivity contribution < 1.29 is 4.79 Å². The Hall–Kier alpha value is -1.42. The number of aromatic nitrogens is 1. The normalized spacial score (nSPS) is 24.7. The Bertz CT molecular complexity index is 420. The molecule has 3 heterocycles. The molecule has 0 spiro atoms. The number of carbonyl (C=O) groups excluding carboxylic acids is 1.